The summed E-state index contributed by atoms with van der Waals surface area (Å²) in [6.45, 7) is -0.884. The van der Waals surface area contributed by atoms with Gasteiger partial charge in [-0.05, 0) is 37.8 Å². The first-order valence-corrected chi connectivity index (χ1v) is 11.7. The summed E-state index contributed by atoms with van der Waals surface area (Å²) in [4.78, 5) is 55.4. The zero-order chi connectivity index (χ0) is 22.7. The standard InChI is InChI=1S/C24H31N3O5/c28-21(17-9-5-6-10-17)15-25-19-13-7-8-14-20(19)27(18-11-3-1-2-4-12-18)24(32)26(23(25)31)16-22(29)30/h7-8,13-14,17-18H,1-6,9-12,15-16H2,(H,29,30). The first kappa shape index (κ1) is 22.3. The Bertz CT molecular complexity index is 887. The number of imide groups is 1. The molecule has 0 radical (unpaired) electrons. The summed E-state index contributed by atoms with van der Waals surface area (Å²) in [5.74, 6) is -1.38. The van der Waals surface area contributed by atoms with E-state index < -0.39 is 24.6 Å². The Balaban J connectivity index is 1.75. The first-order chi connectivity index (χ1) is 15.5. The lowest BCUT2D eigenvalue weighted by molar-refractivity contribution is -0.137. The summed E-state index contributed by atoms with van der Waals surface area (Å²) >= 11 is 0. The van der Waals surface area contributed by atoms with E-state index in [0.29, 0.717) is 11.4 Å². The molecular weight excluding hydrogens is 410 g/mol. The topological polar surface area (TPSA) is 98.2 Å². The quantitative estimate of drug-likeness (QED) is 0.659. The number of carboxylic acids is 1. The average molecular weight is 442 g/mol. The molecule has 0 bridgehead atoms. The van der Waals surface area contributed by atoms with Gasteiger partial charge < -0.3 is 5.11 Å². The number of aliphatic carboxylic acids is 1. The molecule has 8 nitrogen and oxygen atoms in total. The Morgan fingerprint density at radius 1 is 0.781 bits per heavy atom. The normalized spacial score (nSPS) is 20.8. The van der Waals surface area contributed by atoms with Crippen molar-refractivity contribution in [1.82, 2.24) is 4.90 Å². The highest BCUT2D eigenvalue weighted by Gasteiger charge is 2.42. The second-order valence-electron chi connectivity index (χ2n) is 9.08. The molecule has 2 fully saturated rings. The third-order valence-corrected chi connectivity index (χ3v) is 6.94. The molecule has 1 aromatic rings. The van der Waals surface area contributed by atoms with Gasteiger partial charge in [0, 0.05) is 12.0 Å². The molecule has 1 aliphatic heterocycles. The van der Waals surface area contributed by atoms with Crippen LogP contribution in [0.2, 0.25) is 0 Å². The molecule has 0 atom stereocenters. The van der Waals surface area contributed by atoms with Gasteiger partial charge >= 0.3 is 18.0 Å². The Hall–Kier alpha value is -2.90. The van der Waals surface area contributed by atoms with Gasteiger partial charge in [-0.25, -0.2) is 14.5 Å². The number of fused-ring (bicyclic) bond motifs is 1. The van der Waals surface area contributed by atoms with Crippen molar-refractivity contribution in [2.45, 2.75) is 70.3 Å². The SMILES string of the molecule is O=C(O)CN1C(=O)N(CC(=O)C2CCCC2)c2ccccc2N(C2CCCCCC2)C1=O. The zero-order valence-electron chi connectivity index (χ0n) is 18.4. The number of rotatable bonds is 6. The molecule has 4 amide bonds. The van der Waals surface area contributed by atoms with Crippen LogP contribution in [0.15, 0.2) is 24.3 Å². The molecule has 2 saturated carbocycles. The molecule has 3 aliphatic rings. The summed E-state index contributed by atoms with van der Waals surface area (Å²) in [7, 11) is 0. The highest BCUT2D eigenvalue weighted by molar-refractivity contribution is 6.15. The van der Waals surface area contributed by atoms with Crippen LogP contribution in [-0.2, 0) is 9.59 Å². The number of nitrogens with zero attached hydrogens (tertiary/aromatic N) is 3. The van der Waals surface area contributed by atoms with E-state index in [2.05, 4.69) is 0 Å². The molecule has 8 heteroatoms. The van der Waals surface area contributed by atoms with Crippen molar-refractivity contribution in [3.05, 3.63) is 24.3 Å². The van der Waals surface area contributed by atoms with Crippen molar-refractivity contribution in [3.8, 4) is 0 Å². The van der Waals surface area contributed by atoms with Crippen LogP contribution in [0.3, 0.4) is 0 Å². The van der Waals surface area contributed by atoms with Gasteiger partial charge in [-0.1, -0.05) is 50.7 Å². The number of carbonyl (C=O) groups is 4. The van der Waals surface area contributed by atoms with Crippen molar-refractivity contribution < 1.29 is 24.3 Å². The van der Waals surface area contributed by atoms with Crippen molar-refractivity contribution in [3.63, 3.8) is 0 Å². The Morgan fingerprint density at radius 2 is 1.38 bits per heavy atom. The van der Waals surface area contributed by atoms with Crippen LogP contribution in [0.5, 0.6) is 0 Å². The summed E-state index contributed by atoms with van der Waals surface area (Å²) in [5, 5.41) is 9.44. The van der Waals surface area contributed by atoms with E-state index in [1.807, 2.05) is 6.07 Å². The number of ketones is 1. The van der Waals surface area contributed by atoms with Crippen molar-refractivity contribution in [1.29, 1.82) is 0 Å². The van der Waals surface area contributed by atoms with E-state index in [4.69, 9.17) is 0 Å². The maximum atomic E-state index is 13.6. The van der Waals surface area contributed by atoms with Crippen molar-refractivity contribution in [2.75, 3.05) is 22.9 Å². The van der Waals surface area contributed by atoms with Crippen LogP contribution >= 0.6 is 0 Å². The summed E-state index contributed by atoms with van der Waals surface area (Å²) in [6.07, 6.45) is 9.38. The van der Waals surface area contributed by atoms with Crippen molar-refractivity contribution in [2.24, 2.45) is 5.92 Å². The molecule has 0 spiro atoms. The molecule has 1 heterocycles. The van der Waals surface area contributed by atoms with E-state index in [9.17, 15) is 24.3 Å². The predicted octanol–water partition coefficient (Wildman–Crippen LogP) is 4.42. The van der Waals surface area contributed by atoms with Gasteiger partial charge in [0.05, 0.1) is 17.9 Å². The number of para-hydroxylation sites is 2. The van der Waals surface area contributed by atoms with Crippen LogP contribution in [-0.4, -0.2) is 53.0 Å². The van der Waals surface area contributed by atoms with Crippen LogP contribution in [0.4, 0.5) is 21.0 Å². The van der Waals surface area contributed by atoms with Crippen molar-refractivity contribution >= 4 is 35.2 Å². The average Bonchev–Trinajstić information content (AvgIpc) is 3.17. The fourth-order valence-electron chi connectivity index (χ4n) is 5.28. The molecule has 1 N–H and O–H groups in total. The number of anilines is 2. The Morgan fingerprint density at radius 3 is 2.00 bits per heavy atom. The summed E-state index contributed by atoms with van der Waals surface area (Å²) in [6, 6.07) is 5.66. The molecule has 1 aromatic carbocycles. The second-order valence-corrected chi connectivity index (χ2v) is 9.08. The minimum Gasteiger partial charge on any atom is -0.480 e. The highest BCUT2D eigenvalue weighted by atomic mass is 16.4. The molecular formula is C24H31N3O5. The van der Waals surface area contributed by atoms with E-state index in [-0.39, 0.29) is 24.3 Å². The molecule has 0 aromatic heterocycles. The summed E-state index contributed by atoms with van der Waals surface area (Å²) < 4.78 is 0. The minimum absolute atomic E-state index is 0.0312. The molecule has 172 valence electrons. The van der Waals surface area contributed by atoms with Gasteiger partial charge in [-0.15, -0.1) is 0 Å². The molecule has 0 unspecified atom stereocenters. The largest absolute Gasteiger partial charge is 0.480 e. The van der Waals surface area contributed by atoms with Crippen LogP contribution in [0.1, 0.15) is 64.2 Å². The van der Waals surface area contributed by atoms with Gasteiger partial charge in [0.25, 0.3) is 0 Å². The number of hydrogen-bond donors (Lipinski definition) is 1. The van der Waals surface area contributed by atoms with Crippen LogP contribution in [0.25, 0.3) is 0 Å². The smallest absolute Gasteiger partial charge is 0.333 e. The van der Waals surface area contributed by atoms with Gasteiger partial charge in [0.15, 0.2) is 5.78 Å². The minimum atomic E-state index is -1.26. The lowest BCUT2D eigenvalue weighted by Gasteiger charge is -2.32. The lowest BCUT2D eigenvalue weighted by Crippen LogP contribution is -2.53. The van der Waals surface area contributed by atoms with E-state index in [1.54, 1.807) is 23.1 Å². The number of amides is 4. The monoisotopic (exact) mass is 441 g/mol. The third-order valence-electron chi connectivity index (χ3n) is 6.94. The molecule has 0 saturated heterocycles. The molecule has 4 rings (SSSR count). The lowest BCUT2D eigenvalue weighted by atomic mass is 10.0. The third kappa shape index (κ3) is 4.49. The van der Waals surface area contributed by atoms with E-state index in [1.165, 1.54) is 4.90 Å². The maximum absolute atomic E-state index is 13.6. The molecule has 32 heavy (non-hydrogen) atoms. The van der Waals surface area contributed by atoms with Gasteiger partial charge in [-0.3, -0.25) is 19.4 Å². The van der Waals surface area contributed by atoms with Gasteiger partial charge in [0.2, 0.25) is 0 Å². The predicted molar refractivity (Wildman–Crippen MR) is 120 cm³/mol. The zero-order valence-corrected chi connectivity index (χ0v) is 18.4. The first-order valence-electron chi connectivity index (χ1n) is 11.7. The maximum Gasteiger partial charge on any atom is 0.333 e. The number of urea groups is 2. The number of carboxylic acid groups (broad SMARTS) is 1. The highest BCUT2D eigenvalue weighted by Crippen LogP contribution is 2.38. The van der Waals surface area contributed by atoms with Crippen LogP contribution in [0, 0.1) is 5.92 Å². The fraction of sp³-hybridized carbons (Fsp3) is 0.583. The summed E-state index contributed by atoms with van der Waals surface area (Å²) in [5.41, 5.74) is 1.07. The van der Waals surface area contributed by atoms with Gasteiger partial charge in [0.1, 0.15) is 6.54 Å². The van der Waals surface area contributed by atoms with Gasteiger partial charge in [-0.2, -0.15) is 0 Å². The fourth-order valence-corrected chi connectivity index (χ4v) is 5.28. The van der Waals surface area contributed by atoms with E-state index in [0.717, 1.165) is 69.1 Å². The molecule has 2 aliphatic carbocycles. The van der Waals surface area contributed by atoms with Crippen LogP contribution < -0.4 is 9.80 Å². The second kappa shape index (κ2) is 9.71. The van der Waals surface area contributed by atoms with E-state index >= 15 is 0 Å². The number of hydrogen-bond acceptors (Lipinski definition) is 4. The Kier molecular flexibility index (Phi) is 6.77. The number of Topliss-reactive ketones (excluding diaryl/α,β-unsaturated/α-hetero) is 1. The number of carbonyl (C=O) groups excluding carboxylic acids is 3. The number of benzene rings is 1. The Labute approximate surface area is 188 Å².